The van der Waals surface area contributed by atoms with Gasteiger partial charge in [0.2, 0.25) is 0 Å². The molecular weight excluding hydrogens is 230 g/mol. The maximum Gasteiger partial charge on any atom is 0.149 e. The van der Waals surface area contributed by atoms with Crippen molar-refractivity contribution in [3.05, 3.63) is 0 Å². The van der Waals surface area contributed by atoms with Gasteiger partial charge in [-0.2, -0.15) is 11.8 Å². The summed E-state index contributed by atoms with van der Waals surface area (Å²) in [6, 6.07) is -0.196. The molecule has 0 spiro atoms. The molecule has 1 rings (SSSR count). The van der Waals surface area contributed by atoms with Crippen LogP contribution in [-0.4, -0.2) is 23.3 Å². The number of carbonyl (C=O) groups is 1. The standard InChI is InChI=1S/C10H19NOS.2C2H6/c1-2-10(12)9(11)7-8-3-5-13-6-4-8;2*1-2/h8-9H,2-7,11H2,1H3;2*1-2H3. The molecule has 0 amide bonds. The number of hydrogen-bond donors (Lipinski definition) is 1. The van der Waals surface area contributed by atoms with E-state index in [2.05, 4.69) is 0 Å². The van der Waals surface area contributed by atoms with E-state index in [9.17, 15) is 4.79 Å². The summed E-state index contributed by atoms with van der Waals surface area (Å²) < 4.78 is 0. The van der Waals surface area contributed by atoms with E-state index in [1.54, 1.807) is 0 Å². The summed E-state index contributed by atoms with van der Waals surface area (Å²) in [5.74, 6) is 3.42. The maximum atomic E-state index is 11.3. The summed E-state index contributed by atoms with van der Waals surface area (Å²) in [5, 5.41) is 0. The zero-order valence-corrected chi connectivity index (χ0v) is 13.1. The van der Waals surface area contributed by atoms with Crippen LogP contribution in [0.4, 0.5) is 0 Å². The van der Waals surface area contributed by atoms with Gasteiger partial charge in [-0.25, -0.2) is 0 Å². The molecule has 2 N–H and O–H groups in total. The second kappa shape index (κ2) is 14.0. The fraction of sp³-hybridized carbons (Fsp3) is 0.929. The lowest BCUT2D eigenvalue weighted by Crippen LogP contribution is -2.33. The van der Waals surface area contributed by atoms with Crippen molar-refractivity contribution in [2.24, 2.45) is 11.7 Å². The first-order valence-corrected chi connectivity index (χ1v) is 8.25. The molecule has 0 saturated carbocycles. The first kappa shape index (κ1) is 19.3. The SMILES string of the molecule is CC.CC.CCC(=O)C(N)CC1CCSCC1. The number of hydrogen-bond acceptors (Lipinski definition) is 3. The fourth-order valence-electron chi connectivity index (χ4n) is 1.73. The van der Waals surface area contributed by atoms with Gasteiger partial charge in [0.1, 0.15) is 5.78 Å². The molecule has 0 aromatic rings. The highest BCUT2D eigenvalue weighted by Gasteiger charge is 2.19. The molecule has 1 atom stereocenters. The Morgan fingerprint density at radius 1 is 1.24 bits per heavy atom. The Kier molecular flexibility index (Phi) is 16.0. The first-order chi connectivity index (χ1) is 8.24. The van der Waals surface area contributed by atoms with Crippen LogP contribution in [0.15, 0.2) is 0 Å². The van der Waals surface area contributed by atoms with Crippen LogP contribution in [0.25, 0.3) is 0 Å². The van der Waals surface area contributed by atoms with Gasteiger partial charge in [0.25, 0.3) is 0 Å². The van der Waals surface area contributed by atoms with Crippen molar-refractivity contribution in [3.63, 3.8) is 0 Å². The van der Waals surface area contributed by atoms with Crippen molar-refractivity contribution in [1.82, 2.24) is 0 Å². The Labute approximate surface area is 112 Å². The lowest BCUT2D eigenvalue weighted by atomic mass is 9.92. The molecule has 104 valence electrons. The summed E-state index contributed by atoms with van der Waals surface area (Å²) in [6.45, 7) is 9.89. The minimum absolute atomic E-state index is 0.196. The van der Waals surface area contributed by atoms with Crippen molar-refractivity contribution in [3.8, 4) is 0 Å². The normalized spacial score (nSPS) is 17.1. The molecule has 1 fully saturated rings. The summed E-state index contributed by atoms with van der Waals surface area (Å²) in [4.78, 5) is 11.3. The van der Waals surface area contributed by atoms with Gasteiger partial charge in [-0.3, -0.25) is 4.79 Å². The Balaban J connectivity index is 0. The highest BCUT2D eigenvalue weighted by Crippen LogP contribution is 2.26. The van der Waals surface area contributed by atoms with Gasteiger partial charge in [0.15, 0.2) is 0 Å². The minimum atomic E-state index is -0.196. The van der Waals surface area contributed by atoms with Crippen LogP contribution in [0.2, 0.25) is 0 Å². The zero-order chi connectivity index (χ0) is 13.7. The monoisotopic (exact) mass is 261 g/mol. The molecule has 1 aliphatic rings. The van der Waals surface area contributed by atoms with Gasteiger partial charge in [-0.05, 0) is 36.7 Å². The quantitative estimate of drug-likeness (QED) is 0.835. The third kappa shape index (κ3) is 9.66. The van der Waals surface area contributed by atoms with E-state index in [4.69, 9.17) is 5.73 Å². The smallest absolute Gasteiger partial charge is 0.149 e. The second-order valence-electron chi connectivity index (χ2n) is 3.72. The molecule has 17 heavy (non-hydrogen) atoms. The number of rotatable bonds is 4. The van der Waals surface area contributed by atoms with Crippen LogP contribution in [0.5, 0.6) is 0 Å². The van der Waals surface area contributed by atoms with Gasteiger partial charge >= 0.3 is 0 Å². The summed E-state index contributed by atoms with van der Waals surface area (Å²) >= 11 is 2.01. The molecule has 0 aromatic carbocycles. The largest absolute Gasteiger partial charge is 0.322 e. The van der Waals surface area contributed by atoms with E-state index in [1.807, 2.05) is 46.4 Å². The van der Waals surface area contributed by atoms with Crippen LogP contribution in [0.1, 0.15) is 60.3 Å². The van der Waals surface area contributed by atoms with Crippen molar-refractivity contribution in [2.45, 2.75) is 66.3 Å². The minimum Gasteiger partial charge on any atom is -0.322 e. The van der Waals surface area contributed by atoms with Crippen molar-refractivity contribution >= 4 is 17.5 Å². The Bertz CT molecular complexity index is 168. The summed E-state index contributed by atoms with van der Waals surface area (Å²) in [6.07, 6.45) is 3.99. The molecule has 0 radical (unpaired) electrons. The molecule has 3 heteroatoms. The van der Waals surface area contributed by atoms with Gasteiger partial charge in [0.05, 0.1) is 6.04 Å². The van der Waals surface area contributed by atoms with E-state index >= 15 is 0 Å². The van der Waals surface area contributed by atoms with Crippen molar-refractivity contribution in [2.75, 3.05) is 11.5 Å². The molecular formula is C14H31NOS. The molecule has 1 aliphatic heterocycles. The predicted molar refractivity (Wildman–Crippen MR) is 80.6 cm³/mol. The zero-order valence-electron chi connectivity index (χ0n) is 12.3. The molecule has 0 aliphatic carbocycles. The number of ketones is 1. The van der Waals surface area contributed by atoms with E-state index in [1.165, 1.54) is 24.3 Å². The Hall–Kier alpha value is -0.0200. The molecule has 2 nitrogen and oxygen atoms in total. The van der Waals surface area contributed by atoms with E-state index < -0.39 is 0 Å². The fourth-order valence-corrected chi connectivity index (χ4v) is 2.94. The predicted octanol–water partition coefficient (Wildman–Crippen LogP) is 3.88. The average molecular weight is 261 g/mol. The number of Topliss-reactive ketones (excluding diaryl/α,β-unsaturated/α-hetero) is 1. The van der Waals surface area contributed by atoms with Crippen LogP contribution in [0, 0.1) is 5.92 Å². The lowest BCUT2D eigenvalue weighted by Gasteiger charge is -2.23. The highest BCUT2D eigenvalue weighted by atomic mass is 32.2. The lowest BCUT2D eigenvalue weighted by molar-refractivity contribution is -0.120. The van der Waals surface area contributed by atoms with Crippen molar-refractivity contribution < 1.29 is 4.79 Å². The van der Waals surface area contributed by atoms with Crippen molar-refractivity contribution in [1.29, 1.82) is 0 Å². The van der Waals surface area contributed by atoms with E-state index in [0.717, 1.165) is 6.42 Å². The summed E-state index contributed by atoms with van der Waals surface area (Å²) in [5.41, 5.74) is 5.80. The molecule has 1 saturated heterocycles. The van der Waals surface area contributed by atoms with Crippen LogP contribution < -0.4 is 5.73 Å². The van der Waals surface area contributed by atoms with Gasteiger partial charge in [-0.1, -0.05) is 34.6 Å². The maximum absolute atomic E-state index is 11.3. The number of carbonyl (C=O) groups excluding carboxylic acids is 1. The van der Waals surface area contributed by atoms with Crippen LogP contribution in [-0.2, 0) is 4.79 Å². The van der Waals surface area contributed by atoms with Crippen LogP contribution in [0.3, 0.4) is 0 Å². The topological polar surface area (TPSA) is 43.1 Å². The average Bonchev–Trinajstić information content (AvgIpc) is 2.43. The molecule has 1 unspecified atom stereocenters. The highest BCUT2D eigenvalue weighted by molar-refractivity contribution is 7.99. The van der Waals surface area contributed by atoms with Gasteiger partial charge in [0, 0.05) is 6.42 Å². The third-order valence-corrected chi connectivity index (χ3v) is 3.74. The number of nitrogens with two attached hydrogens (primary N) is 1. The van der Waals surface area contributed by atoms with Gasteiger partial charge < -0.3 is 5.73 Å². The summed E-state index contributed by atoms with van der Waals surface area (Å²) in [7, 11) is 0. The van der Waals surface area contributed by atoms with Crippen LogP contribution >= 0.6 is 11.8 Å². The van der Waals surface area contributed by atoms with Gasteiger partial charge in [-0.15, -0.1) is 0 Å². The van der Waals surface area contributed by atoms with E-state index in [-0.39, 0.29) is 11.8 Å². The molecule has 1 heterocycles. The molecule has 0 bridgehead atoms. The second-order valence-corrected chi connectivity index (χ2v) is 4.94. The van der Waals surface area contributed by atoms with E-state index in [0.29, 0.717) is 12.3 Å². The Morgan fingerprint density at radius 3 is 2.12 bits per heavy atom. The third-order valence-electron chi connectivity index (χ3n) is 2.69. The Morgan fingerprint density at radius 2 is 1.71 bits per heavy atom. The number of thioether (sulfide) groups is 1. The first-order valence-electron chi connectivity index (χ1n) is 7.10. The molecule has 0 aromatic heterocycles.